The second-order valence-corrected chi connectivity index (χ2v) is 4.22. The van der Waals surface area contributed by atoms with E-state index in [0.717, 1.165) is 19.6 Å². The number of rotatable bonds is 5. The van der Waals surface area contributed by atoms with Gasteiger partial charge in [-0.1, -0.05) is 6.92 Å². The highest BCUT2D eigenvalue weighted by molar-refractivity contribution is 4.76. The van der Waals surface area contributed by atoms with Crippen LogP contribution in [0.2, 0.25) is 0 Å². The molecule has 1 aliphatic rings. The van der Waals surface area contributed by atoms with Crippen LogP contribution < -0.4 is 5.32 Å². The first-order chi connectivity index (χ1) is 6.76. The van der Waals surface area contributed by atoms with Gasteiger partial charge in [-0.05, 0) is 32.9 Å². The molecule has 2 unspecified atom stereocenters. The smallest absolute Gasteiger partial charge is 0.0698 e. The van der Waals surface area contributed by atoms with Gasteiger partial charge in [0.15, 0.2) is 0 Å². The molecule has 0 radical (unpaired) electrons. The Morgan fingerprint density at radius 1 is 1.57 bits per heavy atom. The molecule has 0 bridgehead atoms. The summed E-state index contributed by atoms with van der Waals surface area (Å²) in [6.07, 6.45) is 2.96. The molecule has 1 rings (SSSR count). The van der Waals surface area contributed by atoms with Gasteiger partial charge in [0.25, 0.3) is 0 Å². The first-order valence-corrected chi connectivity index (χ1v) is 5.74. The fourth-order valence-corrected chi connectivity index (χ4v) is 2.17. The molecule has 2 atom stereocenters. The molecule has 0 aromatic rings. The van der Waals surface area contributed by atoms with Crippen molar-refractivity contribution in [2.24, 2.45) is 0 Å². The highest BCUT2D eigenvalue weighted by atomic mass is 16.5. The third-order valence-electron chi connectivity index (χ3n) is 2.88. The summed E-state index contributed by atoms with van der Waals surface area (Å²) in [6, 6.07) is 0.593. The van der Waals surface area contributed by atoms with Crippen molar-refractivity contribution in [2.75, 3.05) is 33.3 Å². The highest BCUT2D eigenvalue weighted by Gasteiger charge is 2.20. The van der Waals surface area contributed by atoms with Crippen LogP contribution >= 0.6 is 0 Å². The Kier molecular flexibility index (Phi) is 5.45. The monoisotopic (exact) mass is 200 g/mol. The topological polar surface area (TPSA) is 24.5 Å². The van der Waals surface area contributed by atoms with Crippen LogP contribution in [0.1, 0.15) is 26.7 Å². The average Bonchev–Trinajstić information content (AvgIpc) is 2.18. The second kappa shape index (κ2) is 6.38. The van der Waals surface area contributed by atoms with E-state index in [0.29, 0.717) is 12.1 Å². The van der Waals surface area contributed by atoms with Gasteiger partial charge in [0.2, 0.25) is 0 Å². The van der Waals surface area contributed by atoms with Gasteiger partial charge < -0.3 is 10.1 Å². The van der Waals surface area contributed by atoms with E-state index in [1.165, 1.54) is 19.4 Å². The number of ether oxygens (including phenoxy) is 1. The Labute approximate surface area is 87.8 Å². The summed E-state index contributed by atoms with van der Waals surface area (Å²) in [5, 5.41) is 3.44. The van der Waals surface area contributed by atoms with Crippen molar-refractivity contribution < 1.29 is 4.74 Å². The quantitative estimate of drug-likeness (QED) is 0.719. The van der Waals surface area contributed by atoms with Crippen LogP contribution in [0.15, 0.2) is 0 Å². The molecule has 0 aromatic carbocycles. The fraction of sp³-hybridized carbons (Fsp3) is 1.00. The van der Waals surface area contributed by atoms with Gasteiger partial charge in [0.05, 0.1) is 6.10 Å². The summed E-state index contributed by atoms with van der Waals surface area (Å²) in [6.45, 7) is 8.95. The number of hydrogen-bond donors (Lipinski definition) is 1. The summed E-state index contributed by atoms with van der Waals surface area (Å²) in [4.78, 5) is 2.50. The molecular weight excluding hydrogens is 176 g/mol. The number of piperidine rings is 1. The summed E-state index contributed by atoms with van der Waals surface area (Å²) in [5.41, 5.74) is 0. The predicted octanol–water partition coefficient (Wildman–Crippen LogP) is 1.10. The molecule has 1 heterocycles. The number of likely N-dealkylation sites (tertiary alicyclic amines) is 1. The van der Waals surface area contributed by atoms with Gasteiger partial charge in [0, 0.05) is 26.2 Å². The van der Waals surface area contributed by atoms with Crippen LogP contribution in [0.4, 0.5) is 0 Å². The van der Waals surface area contributed by atoms with Gasteiger partial charge in [0.1, 0.15) is 0 Å². The minimum atomic E-state index is 0.456. The van der Waals surface area contributed by atoms with E-state index in [4.69, 9.17) is 4.74 Å². The van der Waals surface area contributed by atoms with E-state index in [2.05, 4.69) is 24.1 Å². The van der Waals surface area contributed by atoms with Gasteiger partial charge in [-0.2, -0.15) is 0 Å². The number of likely N-dealkylation sites (N-methyl/N-ethyl adjacent to an activating group) is 1. The van der Waals surface area contributed by atoms with Crippen molar-refractivity contribution in [1.29, 1.82) is 0 Å². The van der Waals surface area contributed by atoms with Crippen LogP contribution in [0.5, 0.6) is 0 Å². The molecule has 0 aromatic heterocycles. The predicted molar refractivity (Wildman–Crippen MR) is 59.6 cm³/mol. The van der Waals surface area contributed by atoms with E-state index < -0.39 is 0 Å². The summed E-state index contributed by atoms with van der Waals surface area (Å²) in [7, 11) is 1.82. The Hall–Kier alpha value is -0.120. The fourth-order valence-electron chi connectivity index (χ4n) is 2.17. The maximum atomic E-state index is 5.40. The zero-order valence-corrected chi connectivity index (χ0v) is 9.75. The summed E-state index contributed by atoms with van der Waals surface area (Å²) >= 11 is 0. The van der Waals surface area contributed by atoms with Crippen LogP contribution in [-0.4, -0.2) is 50.3 Å². The Morgan fingerprint density at radius 2 is 2.36 bits per heavy atom. The molecule has 1 N–H and O–H groups in total. The van der Waals surface area contributed by atoms with Gasteiger partial charge in [-0.25, -0.2) is 0 Å². The van der Waals surface area contributed by atoms with Gasteiger partial charge in [-0.3, -0.25) is 4.90 Å². The van der Waals surface area contributed by atoms with Crippen molar-refractivity contribution in [1.82, 2.24) is 10.2 Å². The van der Waals surface area contributed by atoms with E-state index in [1.54, 1.807) is 0 Å². The number of hydrogen-bond acceptors (Lipinski definition) is 3. The van der Waals surface area contributed by atoms with Crippen molar-refractivity contribution in [3.05, 3.63) is 0 Å². The molecule has 0 spiro atoms. The standard InChI is InChI=1S/C11H24N2O/c1-4-12-10(2)8-13-7-5-6-11(9-13)14-3/h10-12H,4-9H2,1-3H3. The van der Waals surface area contributed by atoms with E-state index in [1.807, 2.05) is 7.11 Å². The van der Waals surface area contributed by atoms with E-state index >= 15 is 0 Å². The molecule has 1 fully saturated rings. The zero-order chi connectivity index (χ0) is 10.4. The molecule has 14 heavy (non-hydrogen) atoms. The molecule has 3 heteroatoms. The third-order valence-corrected chi connectivity index (χ3v) is 2.88. The van der Waals surface area contributed by atoms with E-state index in [9.17, 15) is 0 Å². The van der Waals surface area contributed by atoms with Crippen molar-refractivity contribution in [3.63, 3.8) is 0 Å². The van der Waals surface area contributed by atoms with Crippen molar-refractivity contribution in [2.45, 2.75) is 38.8 Å². The summed E-state index contributed by atoms with van der Waals surface area (Å²) < 4.78 is 5.40. The third kappa shape index (κ3) is 3.95. The molecular formula is C11H24N2O. The average molecular weight is 200 g/mol. The SMILES string of the molecule is CCNC(C)CN1CCCC(OC)C1. The van der Waals surface area contributed by atoms with Crippen LogP contribution in [0.25, 0.3) is 0 Å². The highest BCUT2D eigenvalue weighted by Crippen LogP contribution is 2.12. The number of nitrogens with zero attached hydrogens (tertiary/aromatic N) is 1. The molecule has 0 saturated carbocycles. The molecule has 0 amide bonds. The summed E-state index contributed by atoms with van der Waals surface area (Å²) in [5.74, 6) is 0. The lowest BCUT2D eigenvalue weighted by atomic mass is 10.1. The largest absolute Gasteiger partial charge is 0.380 e. The Balaban J connectivity index is 2.22. The first-order valence-electron chi connectivity index (χ1n) is 5.74. The molecule has 0 aliphatic carbocycles. The normalized spacial score (nSPS) is 26.4. The van der Waals surface area contributed by atoms with E-state index in [-0.39, 0.29) is 0 Å². The van der Waals surface area contributed by atoms with Gasteiger partial charge in [-0.15, -0.1) is 0 Å². The van der Waals surface area contributed by atoms with Crippen LogP contribution in [-0.2, 0) is 4.74 Å². The van der Waals surface area contributed by atoms with Crippen LogP contribution in [0.3, 0.4) is 0 Å². The Bertz CT molecular complexity index is 152. The minimum Gasteiger partial charge on any atom is -0.380 e. The maximum absolute atomic E-state index is 5.40. The number of methoxy groups -OCH3 is 1. The minimum absolute atomic E-state index is 0.456. The van der Waals surface area contributed by atoms with Crippen molar-refractivity contribution >= 4 is 0 Å². The lowest BCUT2D eigenvalue weighted by Gasteiger charge is -2.33. The van der Waals surface area contributed by atoms with Gasteiger partial charge >= 0.3 is 0 Å². The maximum Gasteiger partial charge on any atom is 0.0698 e. The molecule has 84 valence electrons. The second-order valence-electron chi connectivity index (χ2n) is 4.22. The van der Waals surface area contributed by atoms with Crippen molar-refractivity contribution in [3.8, 4) is 0 Å². The lowest BCUT2D eigenvalue weighted by Crippen LogP contribution is -2.45. The number of nitrogens with one attached hydrogen (secondary N) is 1. The Morgan fingerprint density at radius 3 is 3.00 bits per heavy atom. The van der Waals surface area contributed by atoms with Crippen LogP contribution in [0, 0.1) is 0 Å². The molecule has 3 nitrogen and oxygen atoms in total. The lowest BCUT2D eigenvalue weighted by molar-refractivity contribution is 0.0289. The molecule has 1 aliphatic heterocycles. The first kappa shape index (κ1) is 12.0. The zero-order valence-electron chi connectivity index (χ0n) is 9.75. The molecule has 1 saturated heterocycles.